The Bertz CT molecular complexity index is 1130. The minimum absolute atomic E-state index is 0.0136. The van der Waals surface area contributed by atoms with Crippen molar-refractivity contribution >= 4 is 6.09 Å². The number of hydrogen-bond acceptors (Lipinski definition) is 6. The normalized spacial score (nSPS) is 12.7. The highest BCUT2D eigenvalue weighted by atomic mass is 16.6. The first-order valence-corrected chi connectivity index (χ1v) is 15.1. The van der Waals surface area contributed by atoms with Crippen LogP contribution in [0.25, 0.3) is 0 Å². The highest BCUT2D eigenvalue weighted by Crippen LogP contribution is 2.16. The van der Waals surface area contributed by atoms with Crippen molar-refractivity contribution in [2.45, 2.75) is 98.0 Å². The summed E-state index contributed by atoms with van der Waals surface area (Å²) in [4.78, 5) is 29.7. The molecular weight excluding hydrogens is 514 g/mol. The van der Waals surface area contributed by atoms with Crippen LogP contribution < -0.4 is 5.32 Å². The molecule has 9 heteroatoms. The lowest BCUT2D eigenvalue weighted by Gasteiger charge is -2.25. The van der Waals surface area contributed by atoms with Crippen LogP contribution in [0, 0.1) is 0 Å². The molecule has 0 radical (unpaired) electrons. The summed E-state index contributed by atoms with van der Waals surface area (Å²) in [5, 5.41) is 3.15. The molecule has 0 aliphatic carbocycles. The van der Waals surface area contributed by atoms with E-state index < -0.39 is 5.60 Å². The quantitative estimate of drug-likeness (QED) is 0.219. The van der Waals surface area contributed by atoms with Gasteiger partial charge in [-0.05, 0) is 83.6 Å². The summed E-state index contributed by atoms with van der Waals surface area (Å²) in [5.74, 6) is 1.95. The summed E-state index contributed by atoms with van der Waals surface area (Å²) in [7, 11) is 2.02. The van der Waals surface area contributed by atoms with Gasteiger partial charge in [0.05, 0.1) is 13.1 Å². The SMILES string of the molecule is CCCN(CCC)CCCC(Cc1ccc(CN(Cc2ncc[nH]2)Cc2nccn2C)cc1)NC(=O)OC(C)(C)C. The van der Waals surface area contributed by atoms with Crippen molar-refractivity contribution in [3.05, 3.63) is 71.8 Å². The van der Waals surface area contributed by atoms with E-state index in [1.807, 2.05) is 46.4 Å². The average molecular weight is 566 g/mol. The number of aryl methyl sites for hydroxylation is 1. The van der Waals surface area contributed by atoms with Gasteiger partial charge in [-0.1, -0.05) is 38.1 Å². The number of nitrogens with zero attached hydrogens (tertiary/aromatic N) is 5. The maximum atomic E-state index is 12.7. The van der Waals surface area contributed by atoms with Crippen LogP contribution in [0.4, 0.5) is 4.79 Å². The highest BCUT2D eigenvalue weighted by Gasteiger charge is 2.20. The molecule has 0 aliphatic rings. The molecule has 0 aliphatic heterocycles. The molecular formula is C32H51N7O2. The zero-order chi connectivity index (χ0) is 29.7. The van der Waals surface area contributed by atoms with Gasteiger partial charge in [0.2, 0.25) is 0 Å². The highest BCUT2D eigenvalue weighted by molar-refractivity contribution is 5.68. The van der Waals surface area contributed by atoms with Gasteiger partial charge in [0.25, 0.3) is 0 Å². The lowest BCUT2D eigenvalue weighted by molar-refractivity contribution is 0.0500. The Hall–Kier alpha value is -3.17. The third-order valence-corrected chi connectivity index (χ3v) is 6.95. The maximum absolute atomic E-state index is 12.7. The summed E-state index contributed by atoms with van der Waals surface area (Å²) in [6.45, 7) is 15.7. The predicted molar refractivity (Wildman–Crippen MR) is 164 cm³/mol. The van der Waals surface area contributed by atoms with Gasteiger partial charge >= 0.3 is 6.09 Å². The fourth-order valence-electron chi connectivity index (χ4n) is 5.06. The number of rotatable bonds is 17. The van der Waals surface area contributed by atoms with Crippen molar-refractivity contribution in [3.63, 3.8) is 0 Å². The summed E-state index contributed by atoms with van der Waals surface area (Å²) in [6.07, 6.45) is 12.1. The van der Waals surface area contributed by atoms with Crippen molar-refractivity contribution in [1.29, 1.82) is 0 Å². The van der Waals surface area contributed by atoms with Crippen molar-refractivity contribution < 1.29 is 9.53 Å². The monoisotopic (exact) mass is 565 g/mol. The first kappa shape index (κ1) is 32.3. The number of carbonyl (C=O) groups excluding carboxylic acids is 1. The number of benzene rings is 1. The molecule has 2 heterocycles. The molecule has 3 rings (SSSR count). The number of nitrogens with one attached hydrogen (secondary N) is 2. The van der Waals surface area contributed by atoms with Crippen LogP contribution in [-0.4, -0.2) is 66.7 Å². The van der Waals surface area contributed by atoms with Crippen LogP contribution in [0.1, 0.15) is 83.1 Å². The average Bonchev–Trinajstić information content (AvgIpc) is 3.56. The summed E-state index contributed by atoms with van der Waals surface area (Å²) >= 11 is 0. The van der Waals surface area contributed by atoms with Crippen LogP contribution in [0.15, 0.2) is 49.1 Å². The Labute approximate surface area is 246 Å². The van der Waals surface area contributed by atoms with E-state index in [1.54, 1.807) is 6.20 Å². The smallest absolute Gasteiger partial charge is 0.407 e. The standard InChI is InChI=1S/C32H51N7O2/c1-7-18-38(19-8-2)20-9-10-28(36-31(40)41-32(3,4)5)22-26-11-13-27(14-12-26)23-39(24-29-33-15-16-34-29)25-30-35-17-21-37(30)6/h11-17,21,28H,7-10,18-20,22-25H2,1-6H3,(H,33,34)(H,36,40). The fourth-order valence-corrected chi connectivity index (χ4v) is 5.06. The number of H-pyrrole nitrogens is 1. The summed E-state index contributed by atoms with van der Waals surface area (Å²) in [5.41, 5.74) is 1.91. The van der Waals surface area contributed by atoms with Crippen LogP contribution >= 0.6 is 0 Å². The van der Waals surface area contributed by atoms with E-state index in [-0.39, 0.29) is 12.1 Å². The maximum Gasteiger partial charge on any atom is 0.407 e. The number of aromatic nitrogens is 4. The van der Waals surface area contributed by atoms with Gasteiger partial charge in [-0.25, -0.2) is 14.8 Å². The van der Waals surface area contributed by atoms with E-state index in [1.165, 1.54) is 11.1 Å². The molecule has 1 amide bonds. The number of imidazole rings is 2. The molecule has 1 aromatic carbocycles. The molecule has 41 heavy (non-hydrogen) atoms. The van der Waals surface area contributed by atoms with Crippen molar-refractivity contribution in [3.8, 4) is 0 Å². The zero-order valence-electron chi connectivity index (χ0n) is 26.0. The molecule has 9 nitrogen and oxygen atoms in total. The van der Waals surface area contributed by atoms with Gasteiger partial charge in [-0.2, -0.15) is 0 Å². The van der Waals surface area contributed by atoms with Gasteiger partial charge in [-0.3, -0.25) is 4.90 Å². The molecule has 3 aromatic rings. The van der Waals surface area contributed by atoms with Gasteiger partial charge in [0.15, 0.2) is 0 Å². The lowest BCUT2D eigenvalue weighted by atomic mass is 10.0. The lowest BCUT2D eigenvalue weighted by Crippen LogP contribution is -2.40. The van der Waals surface area contributed by atoms with Gasteiger partial charge in [0, 0.05) is 44.4 Å². The molecule has 1 atom stereocenters. The van der Waals surface area contributed by atoms with Crippen LogP contribution in [0.2, 0.25) is 0 Å². The topological polar surface area (TPSA) is 91.3 Å². The number of carbonyl (C=O) groups is 1. The molecule has 0 fully saturated rings. The van der Waals surface area contributed by atoms with E-state index in [0.29, 0.717) is 6.54 Å². The predicted octanol–water partition coefficient (Wildman–Crippen LogP) is 5.68. The van der Waals surface area contributed by atoms with E-state index in [4.69, 9.17) is 4.74 Å². The van der Waals surface area contributed by atoms with E-state index in [0.717, 1.165) is 76.5 Å². The van der Waals surface area contributed by atoms with Gasteiger partial charge < -0.3 is 24.5 Å². The number of aromatic amines is 1. The Morgan fingerprint density at radius 3 is 2.27 bits per heavy atom. The molecule has 0 spiro atoms. The Kier molecular flexibility index (Phi) is 12.9. The van der Waals surface area contributed by atoms with Crippen LogP contribution in [0.5, 0.6) is 0 Å². The molecule has 0 bridgehead atoms. The second-order valence-corrected chi connectivity index (χ2v) is 12.0. The minimum atomic E-state index is -0.522. The van der Waals surface area contributed by atoms with E-state index in [9.17, 15) is 4.79 Å². The van der Waals surface area contributed by atoms with E-state index in [2.05, 4.69) is 72.7 Å². The number of hydrogen-bond donors (Lipinski definition) is 2. The van der Waals surface area contributed by atoms with Crippen LogP contribution in [-0.2, 0) is 37.8 Å². The number of amides is 1. The van der Waals surface area contributed by atoms with Gasteiger partial charge in [0.1, 0.15) is 17.2 Å². The number of alkyl carbamates (subject to hydrolysis) is 1. The molecule has 1 unspecified atom stereocenters. The Morgan fingerprint density at radius 2 is 1.68 bits per heavy atom. The zero-order valence-corrected chi connectivity index (χ0v) is 26.0. The first-order chi connectivity index (χ1) is 19.6. The van der Waals surface area contributed by atoms with Crippen LogP contribution in [0.3, 0.4) is 0 Å². The summed E-state index contributed by atoms with van der Waals surface area (Å²) in [6, 6.07) is 8.77. The summed E-state index contributed by atoms with van der Waals surface area (Å²) < 4.78 is 7.64. The third-order valence-electron chi connectivity index (χ3n) is 6.95. The Balaban J connectivity index is 1.64. The van der Waals surface area contributed by atoms with Crippen molar-refractivity contribution in [1.82, 2.24) is 34.6 Å². The molecule has 0 saturated carbocycles. The second kappa shape index (κ2) is 16.3. The number of ether oxygens (including phenoxy) is 1. The Morgan fingerprint density at radius 1 is 0.976 bits per heavy atom. The second-order valence-electron chi connectivity index (χ2n) is 12.0. The molecule has 0 saturated heterocycles. The van der Waals surface area contributed by atoms with E-state index >= 15 is 0 Å². The largest absolute Gasteiger partial charge is 0.444 e. The van der Waals surface area contributed by atoms with Gasteiger partial charge in [-0.15, -0.1) is 0 Å². The third kappa shape index (κ3) is 12.1. The molecule has 2 N–H and O–H groups in total. The van der Waals surface area contributed by atoms with Crippen molar-refractivity contribution in [2.75, 3.05) is 19.6 Å². The first-order valence-electron chi connectivity index (χ1n) is 15.1. The van der Waals surface area contributed by atoms with Crippen molar-refractivity contribution in [2.24, 2.45) is 7.05 Å². The molecule has 2 aromatic heterocycles. The molecule has 226 valence electrons. The fraction of sp³-hybridized carbons (Fsp3) is 0.594. The minimum Gasteiger partial charge on any atom is -0.444 e.